The molecule has 0 heterocycles. The number of rotatable bonds is 7. The zero-order valence-corrected chi connectivity index (χ0v) is 8.03. The molecule has 11 heavy (non-hydrogen) atoms. The molecule has 0 aromatic carbocycles. The summed E-state index contributed by atoms with van der Waals surface area (Å²) in [6.07, 6.45) is 14.8. The molecule has 1 radical (unpaired) electrons. The number of hydrogen-bond donors (Lipinski definition) is 0. The Morgan fingerprint density at radius 2 is 1.64 bits per heavy atom. The average molecular weight is 153 g/mol. The molecule has 0 rings (SSSR count). The maximum absolute atomic E-state index is 3.04. The van der Waals surface area contributed by atoms with Gasteiger partial charge in [0.05, 0.1) is 0 Å². The quantitative estimate of drug-likeness (QED) is 0.483. The fraction of sp³-hybridized carbons (Fsp3) is 0.818. The van der Waals surface area contributed by atoms with Crippen LogP contribution in [0.4, 0.5) is 0 Å². The lowest BCUT2D eigenvalue weighted by Crippen LogP contribution is -1.77. The van der Waals surface area contributed by atoms with Crippen molar-refractivity contribution in [3.63, 3.8) is 0 Å². The van der Waals surface area contributed by atoms with Crippen LogP contribution in [-0.4, -0.2) is 0 Å². The molecule has 0 fully saturated rings. The van der Waals surface area contributed by atoms with E-state index in [9.17, 15) is 0 Å². The Bertz CT molecular complexity index is 82.0. The van der Waals surface area contributed by atoms with Crippen LogP contribution in [0.2, 0.25) is 0 Å². The third kappa shape index (κ3) is 9.74. The summed E-state index contributed by atoms with van der Waals surface area (Å²) in [5, 5.41) is 0. The minimum absolute atomic E-state index is 1.22. The zero-order valence-electron chi connectivity index (χ0n) is 8.03. The van der Waals surface area contributed by atoms with Crippen LogP contribution in [0.1, 0.15) is 58.8 Å². The molecule has 0 aromatic rings. The molecule has 0 saturated heterocycles. The lowest BCUT2D eigenvalue weighted by Gasteiger charge is -1.96. The first-order valence-electron chi connectivity index (χ1n) is 4.90. The summed E-state index contributed by atoms with van der Waals surface area (Å²) in [5.74, 6) is 0. The minimum atomic E-state index is 1.22. The van der Waals surface area contributed by atoms with Crippen molar-refractivity contribution in [2.75, 3.05) is 0 Å². The third-order valence-corrected chi connectivity index (χ3v) is 1.91. The topological polar surface area (TPSA) is 0 Å². The summed E-state index contributed by atoms with van der Waals surface area (Å²) >= 11 is 0. The van der Waals surface area contributed by atoms with Crippen LogP contribution in [0.5, 0.6) is 0 Å². The number of allylic oxidation sites excluding steroid dienone is 2. The van der Waals surface area contributed by atoms with E-state index in [0.717, 1.165) is 0 Å². The highest BCUT2D eigenvalue weighted by Gasteiger charge is 1.87. The van der Waals surface area contributed by atoms with Crippen molar-refractivity contribution in [3.05, 3.63) is 12.2 Å². The summed E-state index contributed by atoms with van der Waals surface area (Å²) in [6.45, 7) is 4.23. The molecular weight excluding hydrogens is 132 g/mol. The predicted molar refractivity (Wildman–Crippen MR) is 51.5 cm³/mol. The van der Waals surface area contributed by atoms with Crippen LogP contribution in [0, 0.1) is 6.08 Å². The normalized spacial score (nSPS) is 11.1. The SMILES string of the molecule is C[C]=CCCCCCCCC. The minimum Gasteiger partial charge on any atom is -0.0813 e. The van der Waals surface area contributed by atoms with Gasteiger partial charge in [-0.3, -0.25) is 0 Å². The molecule has 0 unspecified atom stereocenters. The molecule has 0 amide bonds. The summed E-state index contributed by atoms with van der Waals surface area (Å²) in [6, 6.07) is 0. The van der Waals surface area contributed by atoms with Gasteiger partial charge >= 0.3 is 0 Å². The number of hydrogen-bond acceptors (Lipinski definition) is 0. The van der Waals surface area contributed by atoms with E-state index < -0.39 is 0 Å². The van der Waals surface area contributed by atoms with E-state index in [4.69, 9.17) is 0 Å². The van der Waals surface area contributed by atoms with E-state index in [2.05, 4.69) is 19.1 Å². The molecule has 0 bridgehead atoms. The van der Waals surface area contributed by atoms with Gasteiger partial charge in [-0.1, -0.05) is 51.2 Å². The molecule has 0 spiro atoms. The van der Waals surface area contributed by atoms with Crippen LogP contribution in [0.25, 0.3) is 0 Å². The van der Waals surface area contributed by atoms with Crippen molar-refractivity contribution >= 4 is 0 Å². The first-order chi connectivity index (χ1) is 5.41. The Balaban J connectivity index is 2.79. The van der Waals surface area contributed by atoms with E-state index in [1.54, 1.807) is 0 Å². The van der Waals surface area contributed by atoms with Crippen LogP contribution < -0.4 is 0 Å². The average Bonchev–Trinajstić information content (AvgIpc) is 2.03. The highest BCUT2D eigenvalue weighted by atomic mass is 13.9. The summed E-state index contributed by atoms with van der Waals surface area (Å²) in [7, 11) is 0. The van der Waals surface area contributed by atoms with Crippen molar-refractivity contribution in [1.82, 2.24) is 0 Å². The maximum Gasteiger partial charge on any atom is -0.0345 e. The fourth-order valence-corrected chi connectivity index (χ4v) is 1.17. The molecule has 0 nitrogen and oxygen atoms in total. The van der Waals surface area contributed by atoms with Crippen LogP contribution in [0.3, 0.4) is 0 Å². The Kier molecular flexibility index (Phi) is 9.51. The maximum atomic E-state index is 3.04. The molecule has 0 aromatic heterocycles. The van der Waals surface area contributed by atoms with E-state index in [1.165, 1.54) is 44.9 Å². The molecule has 0 saturated carbocycles. The van der Waals surface area contributed by atoms with Crippen molar-refractivity contribution in [2.45, 2.75) is 58.8 Å². The van der Waals surface area contributed by atoms with Gasteiger partial charge in [0.1, 0.15) is 0 Å². The van der Waals surface area contributed by atoms with Gasteiger partial charge in [-0.2, -0.15) is 0 Å². The van der Waals surface area contributed by atoms with Crippen molar-refractivity contribution < 1.29 is 0 Å². The van der Waals surface area contributed by atoms with Gasteiger partial charge in [0.25, 0.3) is 0 Å². The molecule has 65 valence electrons. The standard InChI is InChI=1S/C11H21/c1-3-5-7-9-11-10-8-6-4-2/h6H,3,5,7-11H2,1-2H3. The van der Waals surface area contributed by atoms with Gasteiger partial charge in [-0.05, 0) is 19.8 Å². The second-order valence-electron chi connectivity index (χ2n) is 3.05. The molecule has 0 aliphatic rings. The van der Waals surface area contributed by atoms with Gasteiger partial charge in [-0.15, -0.1) is 0 Å². The summed E-state index contributed by atoms with van der Waals surface area (Å²) in [4.78, 5) is 0. The lowest BCUT2D eigenvalue weighted by atomic mass is 10.1. The molecule has 0 N–H and O–H groups in total. The van der Waals surface area contributed by atoms with Crippen LogP contribution in [0.15, 0.2) is 6.08 Å². The highest BCUT2D eigenvalue weighted by Crippen LogP contribution is 2.06. The fourth-order valence-electron chi connectivity index (χ4n) is 1.17. The molecule has 0 aliphatic heterocycles. The first-order valence-corrected chi connectivity index (χ1v) is 4.90. The van der Waals surface area contributed by atoms with Gasteiger partial charge < -0.3 is 0 Å². The Hall–Kier alpha value is -0.260. The number of unbranched alkanes of at least 4 members (excludes halogenated alkanes) is 6. The van der Waals surface area contributed by atoms with Crippen molar-refractivity contribution in [2.24, 2.45) is 0 Å². The summed E-state index contributed by atoms with van der Waals surface area (Å²) < 4.78 is 0. The van der Waals surface area contributed by atoms with Crippen LogP contribution in [-0.2, 0) is 0 Å². The van der Waals surface area contributed by atoms with Gasteiger partial charge in [-0.25, -0.2) is 0 Å². The Morgan fingerprint density at radius 3 is 2.27 bits per heavy atom. The predicted octanol–water partition coefficient (Wildman–Crippen LogP) is 4.12. The highest BCUT2D eigenvalue weighted by molar-refractivity contribution is 4.68. The lowest BCUT2D eigenvalue weighted by molar-refractivity contribution is 0.611. The largest absolute Gasteiger partial charge is 0.0813 e. The first kappa shape index (κ1) is 10.7. The molecule has 0 heteroatoms. The second-order valence-corrected chi connectivity index (χ2v) is 3.05. The van der Waals surface area contributed by atoms with Gasteiger partial charge in [0.15, 0.2) is 0 Å². The van der Waals surface area contributed by atoms with E-state index in [-0.39, 0.29) is 0 Å². The van der Waals surface area contributed by atoms with E-state index in [0.29, 0.717) is 0 Å². The Morgan fingerprint density at radius 1 is 1.00 bits per heavy atom. The van der Waals surface area contributed by atoms with Crippen molar-refractivity contribution in [3.8, 4) is 0 Å². The van der Waals surface area contributed by atoms with E-state index >= 15 is 0 Å². The molecule has 0 atom stereocenters. The molecule has 0 aliphatic carbocycles. The van der Waals surface area contributed by atoms with Gasteiger partial charge in [0, 0.05) is 0 Å². The molecular formula is C11H21. The zero-order chi connectivity index (χ0) is 8.36. The monoisotopic (exact) mass is 153 g/mol. The third-order valence-electron chi connectivity index (χ3n) is 1.91. The van der Waals surface area contributed by atoms with Crippen LogP contribution >= 0.6 is 0 Å². The second kappa shape index (κ2) is 9.74. The van der Waals surface area contributed by atoms with Crippen molar-refractivity contribution in [1.29, 1.82) is 0 Å². The van der Waals surface area contributed by atoms with Gasteiger partial charge in [0.2, 0.25) is 0 Å². The van der Waals surface area contributed by atoms with E-state index in [1.807, 2.05) is 6.92 Å². The summed E-state index contributed by atoms with van der Waals surface area (Å²) in [5.41, 5.74) is 0. The smallest absolute Gasteiger partial charge is 0.0345 e. The Labute approximate surface area is 71.7 Å².